The summed E-state index contributed by atoms with van der Waals surface area (Å²) >= 11 is 7.79. The minimum Gasteiger partial charge on any atom is -0.496 e. The van der Waals surface area contributed by atoms with Crippen LogP contribution in [0, 0.1) is 13.0 Å². The summed E-state index contributed by atoms with van der Waals surface area (Å²) < 4.78 is 26.9. The van der Waals surface area contributed by atoms with Crippen molar-refractivity contribution in [2.24, 2.45) is 5.10 Å². The molecule has 5 nitrogen and oxygen atoms in total. The molecule has 0 aromatic heterocycles. The number of amides is 1. The molecule has 3 aromatic rings. The molecule has 0 unspecified atom stereocenters. The van der Waals surface area contributed by atoms with E-state index in [1.165, 1.54) is 12.1 Å². The number of halogens is 4. The third-order valence-corrected chi connectivity index (χ3v) is 6.37. The van der Waals surface area contributed by atoms with E-state index in [1.54, 1.807) is 43.7 Å². The van der Waals surface area contributed by atoms with Crippen LogP contribution in [0.15, 0.2) is 64.2 Å². The maximum Gasteiger partial charge on any atom is 0.271 e. The number of rotatable bonds is 7. The van der Waals surface area contributed by atoms with Crippen LogP contribution in [0.2, 0.25) is 0 Å². The third kappa shape index (κ3) is 6.62. The van der Waals surface area contributed by atoms with Gasteiger partial charge in [-0.05, 0) is 115 Å². The molecule has 1 amide bonds. The lowest BCUT2D eigenvalue weighted by Gasteiger charge is -2.11. The molecular weight excluding hydrogens is 693 g/mol. The first-order valence-electron chi connectivity index (χ1n) is 8.90. The zero-order chi connectivity index (χ0) is 22.4. The van der Waals surface area contributed by atoms with Crippen LogP contribution in [0.4, 0.5) is 4.39 Å². The molecule has 0 spiro atoms. The van der Waals surface area contributed by atoms with Gasteiger partial charge in [-0.1, -0.05) is 12.1 Å². The standard InChI is InChI=1S/C22H16BrFI2N2O3/c1-30-20-10-15(5-6-18(20)25)22(29)28-27-11-14-8-17(23)21(19(26)9-14)31-12-13-3-2-4-16(24)7-13/h2-11H,12H2,1H3,(H,28,29)/b27-11-. The fourth-order valence-corrected chi connectivity index (χ4v) is 4.93. The van der Waals surface area contributed by atoms with Crippen molar-refractivity contribution >= 4 is 73.2 Å². The van der Waals surface area contributed by atoms with Crippen molar-refractivity contribution in [3.05, 3.63) is 88.7 Å². The minimum absolute atomic E-state index is 0.245. The number of ether oxygens (including phenoxy) is 2. The van der Waals surface area contributed by atoms with Gasteiger partial charge in [-0.25, -0.2) is 9.82 Å². The second kappa shape index (κ2) is 11.2. The van der Waals surface area contributed by atoms with E-state index >= 15 is 0 Å². The lowest BCUT2D eigenvalue weighted by molar-refractivity contribution is 0.0954. The number of benzene rings is 3. The average Bonchev–Trinajstić information content (AvgIpc) is 2.73. The van der Waals surface area contributed by atoms with E-state index in [0.29, 0.717) is 17.1 Å². The van der Waals surface area contributed by atoms with Crippen LogP contribution >= 0.6 is 61.1 Å². The molecule has 3 aromatic carbocycles. The van der Waals surface area contributed by atoms with Gasteiger partial charge in [0.2, 0.25) is 0 Å². The zero-order valence-corrected chi connectivity index (χ0v) is 22.1. The predicted molar refractivity (Wildman–Crippen MR) is 138 cm³/mol. The fraction of sp³-hybridized carbons (Fsp3) is 0.0909. The predicted octanol–water partition coefficient (Wildman–Crippen LogP) is 6.15. The van der Waals surface area contributed by atoms with Gasteiger partial charge >= 0.3 is 0 Å². The van der Waals surface area contributed by atoms with Gasteiger partial charge in [0.15, 0.2) is 0 Å². The summed E-state index contributed by atoms with van der Waals surface area (Å²) in [5.74, 6) is 0.642. The van der Waals surface area contributed by atoms with Crippen molar-refractivity contribution in [2.45, 2.75) is 6.61 Å². The Hall–Kier alpha value is -1.73. The first-order chi connectivity index (χ1) is 14.9. The number of carbonyl (C=O) groups excluding carboxylic acids is 1. The number of nitrogens with one attached hydrogen (secondary N) is 1. The third-order valence-electron chi connectivity index (χ3n) is 4.09. The van der Waals surface area contributed by atoms with E-state index in [9.17, 15) is 9.18 Å². The number of methoxy groups -OCH3 is 1. The molecule has 0 atom stereocenters. The highest BCUT2D eigenvalue weighted by Crippen LogP contribution is 2.32. The lowest BCUT2D eigenvalue weighted by atomic mass is 10.2. The van der Waals surface area contributed by atoms with Gasteiger partial charge in [-0.15, -0.1) is 0 Å². The fourth-order valence-electron chi connectivity index (χ4n) is 2.61. The van der Waals surface area contributed by atoms with Gasteiger partial charge in [-0.2, -0.15) is 5.10 Å². The summed E-state index contributed by atoms with van der Waals surface area (Å²) in [5, 5.41) is 4.04. The second-order valence-corrected chi connectivity index (χ2v) is 9.46. The molecule has 31 heavy (non-hydrogen) atoms. The quantitative estimate of drug-likeness (QED) is 0.182. The maximum atomic E-state index is 13.3. The lowest BCUT2D eigenvalue weighted by Crippen LogP contribution is -2.17. The molecule has 0 bridgehead atoms. The van der Waals surface area contributed by atoms with Gasteiger partial charge < -0.3 is 9.47 Å². The summed E-state index contributed by atoms with van der Waals surface area (Å²) in [6.45, 7) is 0.245. The Morgan fingerprint density at radius 3 is 2.68 bits per heavy atom. The molecule has 3 rings (SSSR count). The average molecular weight is 709 g/mol. The van der Waals surface area contributed by atoms with Gasteiger partial charge in [0, 0.05) is 5.56 Å². The molecule has 0 aliphatic carbocycles. The Balaban J connectivity index is 1.65. The van der Waals surface area contributed by atoms with Crippen molar-refractivity contribution in [3.63, 3.8) is 0 Å². The van der Waals surface area contributed by atoms with Crippen molar-refractivity contribution in [1.82, 2.24) is 5.43 Å². The Morgan fingerprint density at radius 1 is 1.16 bits per heavy atom. The maximum absolute atomic E-state index is 13.3. The summed E-state index contributed by atoms with van der Waals surface area (Å²) in [5.41, 5.74) is 4.47. The van der Waals surface area contributed by atoms with Crippen molar-refractivity contribution < 1.29 is 18.7 Å². The van der Waals surface area contributed by atoms with Gasteiger partial charge in [-0.3, -0.25) is 4.79 Å². The van der Waals surface area contributed by atoms with Gasteiger partial charge in [0.05, 0.1) is 24.9 Å². The minimum atomic E-state index is -0.338. The van der Waals surface area contributed by atoms with E-state index < -0.39 is 0 Å². The smallest absolute Gasteiger partial charge is 0.271 e. The highest BCUT2D eigenvalue weighted by Gasteiger charge is 2.10. The van der Waals surface area contributed by atoms with Crippen molar-refractivity contribution in [1.29, 1.82) is 0 Å². The number of hydrogen-bond donors (Lipinski definition) is 1. The molecule has 0 heterocycles. The summed E-state index contributed by atoms with van der Waals surface area (Å²) in [4.78, 5) is 12.3. The van der Waals surface area contributed by atoms with E-state index in [0.717, 1.165) is 22.7 Å². The normalized spacial score (nSPS) is 10.9. The number of hydrogen-bond acceptors (Lipinski definition) is 4. The molecule has 1 N–H and O–H groups in total. The Kier molecular flexibility index (Phi) is 8.67. The largest absolute Gasteiger partial charge is 0.496 e. The molecule has 160 valence electrons. The molecule has 0 saturated carbocycles. The zero-order valence-electron chi connectivity index (χ0n) is 16.2. The second-order valence-electron chi connectivity index (χ2n) is 6.28. The van der Waals surface area contributed by atoms with Crippen LogP contribution < -0.4 is 14.9 Å². The van der Waals surface area contributed by atoms with E-state index in [1.807, 2.05) is 12.1 Å². The topological polar surface area (TPSA) is 59.9 Å². The highest BCUT2D eigenvalue weighted by molar-refractivity contribution is 14.1. The number of hydrazone groups is 1. The molecule has 0 radical (unpaired) electrons. The molecule has 0 fully saturated rings. The molecule has 0 aliphatic rings. The monoisotopic (exact) mass is 708 g/mol. The van der Waals surface area contributed by atoms with E-state index in [-0.39, 0.29) is 18.3 Å². The molecular formula is C22H16BrFI2N2O3. The Morgan fingerprint density at radius 2 is 1.97 bits per heavy atom. The Bertz CT molecular complexity index is 1120. The summed E-state index contributed by atoms with van der Waals surface area (Å²) in [7, 11) is 1.56. The van der Waals surface area contributed by atoms with Gasteiger partial charge in [0.1, 0.15) is 23.9 Å². The number of carbonyl (C=O) groups is 1. The van der Waals surface area contributed by atoms with E-state index in [4.69, 9.17) is 9.47 Å². The SMILES string of the molecule is COc1cc(C(=O)N/N=C\c2cc(Br)c(OCc3cccc(F)c3)c(I)c2)ccc1I. The van der Waals surface area contributed by atoms with Crippen LogP contribution in [0.5, 0.6) is 11.5 Å². The van der Waals surface area contributed by atoms with E-state index in [2.05, 4.69) is 71.6 Å². The molecule has 0 aliphatic heterocycles. The van der Waals surface area contributed by atoms with Crippen molar-refractivity contribution in [2.75, 3.05) is 7.11 Å². The van der Waals surface area contributed by atoms with Crippen molar-refractivity contribution in [3.8, 4) is 11.5 Å². The van der Waals surface area contributed by atoms with Gasteiger partial charge in [0.25, 0.3) is 5.91 Å². The van der Waals surface area contributed by atoms with Crippen LogP contribution in [-0.4, -0.2) is 19.2 Å². The highest BCUT2D eigenvalue weighted by atomic mass is 127. The summed E-state index contributed by atoms with van der Waals surface area (Å²) in [6, 6.07) is 15.2. The van der Waals surface area contributed by atoms with Crippen LogP contribution in [0.1, 0.15) is 21.5 Å². The first kappa shape index (κ1) is 23.9. The van der Waals surface area contributed by atoms with Crippen LogP contribution in [0.3, 0.4) is 0 Å². The first-order valence-corrected chi connectivity index (χ1v) is 11.9. The van der Waals surface area contributed by atoms with Crippen LogP contribution in [-0.2, 0) is 6.61 Å². The molecule has 9 heteroatoms. The van der Waals surface area contributed by atoms with Crippen LogP contribution in [0.25, 0.3) is 0 Å². The summed E-state index contributed by atoms with van der Waals surface area (Å²) in [6.07, 6.45) is 1.55. The number of nitrogens with zero attached hydrogens (tertiary/aromatic N) is 1. The molecule has 0 saturated heterocycles. The Labute approximate surface area is 214 Å².